The maximum atomic E-state index is 13.6. The number of rotatable bonds is 5. The van der Waals surface area contributed by atoms with Crippen LogP contribution in [0.4, 0.5) is 15.0 Å². The van der Waals surface area contributed by atoms with E-state index in [2.05, 4.69) is 20.6 Å². The van der Waals surface area contributed by atoms with Crippen LogP contribution in [0.3, 0.4) is 0 Å². The lowest BCUT2D eigenvalue weighted by Crippen LogP contribution is -2.40. The summed E-state index contributed by atoms with van der Waals surface area (Å²) in [7, 11) is 1.72. The quantitative estimate of drug-likeness (QED) is 0.570. The Labute approximate surface area is 179 Å². The Morgan fingerprint density at radius 1 is 1.26 bits per heavy atom. The van der Waals surface area contributed by atoms with Crippen LogP contribution in [0.15, 0.2) is 36.7 Å². The lowest BCUT2D eigenvalue weighted by atomic mass is 9.93. The Morgan fingerprint density at radius 2 is 2.03 bits per heavy atom. The summed E-state index contributed by atoms with van der Waals surface area (Å²) in [5.74, 6) is 0.0491. The summed E-state index contributed by atoms with van der Waals surface area (Å²) in [6.07, 6.45) is 5.29. The number of phenolic OH excluding ortho intramolecular Hbond substituents is 1. The molecular weight excluding hydrogens is 401 g/mol. The third-order valence-corrected chi connectivity index (χ3v) is 5.77. The van der Waals surface area contributed by atoms with E-state index in [1.54, 1.807) is 26.2 Å². The van der Waals surface area contributed by atoms with Gasteiger partial charge in [-0.3, -0.25) is 0 Å². The molecule has 9 heteroatoms. The minimum Gasteiger partial charge on any atom is -0.508 e. The largest absolute Gasteiger partial charge is 0.508 e. The van der Waals surface area contributed by atoms with E-state index in [9.17, 15) is 14.3 Å². The molecule has 164 valence electrons. The van der Waals surface area contributed by atoms with Crippen molar-refractivity contribution >= 4 is 23.0 Å². The van der Waals surface area contributed by atoms with Crippen LogP contribution in [0.1, 0.15) is 44.2 Å². The van der Waals surface area contributed by atoms with Gasteiger partial charge in [-0.15, -0.1) is 0 Å². The number of amides is 1. The fourth-order valence-corrected chi connectivity index (χ4v) is 3.98. The topological polar surface area (TPSA) is 101 Å². The van der Waals surface area contributed by atoms with Crippen LogP contribution in [-0.2, 0) is 4.74 Å². The second-order valence-corrected chi connectivity index (χ2v) is 7.88. The van der Waals surface area contributed by atoms with Gasteiger partial charge in [0, 0.05) is 18.7 Å². The first-order valence-electron chi connectivity index (χ1n) is 10.4. The molecule has 1 aliphatic rings. The van der Waals surface area contributed by atoms with E-state index in [1.807, 2.05) is 0 Å². The van der Waals surface area contributed by atoms with E-state index >= 15 is 0 Å². The van der Waals surface area contributed by atoms with Gasteiger partial charge in [0.05, 0.1) is 12.1 Å². The van der Waals surface area contributed by atoms with Gasteiger partial charge in [0.2, 0.25) is 0 Å². The maximum Gasteiger partial charge on any atom is 0.328 e. The molecular formula is C22H26FN5O3. The van der Waals surface area contributed by atoms with Gasteiger partial charge < -0.3 is 20.5 Å². The minimum absolute atomic E-state index is 0.00454. The summed E-state index contributed by atoms with van der Waals surface area (Å²) in [5.41, 5.74) is 1.42. The highest BCUT2D eigenvalue weighted by Crippen LogP contribution is 2.28. The molecule has 3 aromatic rings. The highest BCUT2D eigenvalue weighted by Gasteiger charge is 2.23. The lowest BCUT2D eigenvalue weighted by Gasteiger charge is -2.28. The average molecular weight is 427 g/mol. The number of hydrogen-bond acceptors (Lipinski definition) is 6. The fraction of sp³-hybridized carbons (Fsp3) is 0.409. The van der Waals surface area contributed by atoms with Gasteiger partial charge >= 0.3 is 6.03 Å². The number of halogens is 1. The van der Waals surface area contributed by atoms with Crippen LogP contribution >= 0.6 is 0 Å². The molecule has 0 bridgehead atoms. The van der Waals surface area contributed by atoms with Crippen molar-refractivity contribution in [1.29, 1.82) is 0 Å². The number of phenols is 1. The first-order chi connectivity index (χ1) is 14.9. The van der Waals surface area contributed by atoms with Crippen LogP contribution in [0.2, 0.25) is 0 Å². The van der Waals surface area contributed by atoms with Crippen molar-refractivity contribution in [3.8, 4) is 5.75 Å². The predicted octanol–water partition coefficient (Wildman–Crippen LogP) is 3.96. The number of nitrogens with zero attached hydrogens (tertiary/aromatic N) is 3. The second kappa shape index (κ2) is 8.89. The summed E-state index contributed by atoms with van der Waals surface area (Å²) < 4.78 is 20.4. The van der Waals surface area contributed by atoms with Crippen LogP contribution in [0.25, 0.3) is 11.2 Å². The lowest BCUT2D eigenvalue weighted by molar-refractivity contribution is 0.0636. The van der Waals surface area contributed by atoms with E-state index < -0.39 is 11.9 Å². The van der Waals surface area contributed by atoms with Gasteiger partial charge in [0.25, 0.3) is 0 Å². The smallest absolute Gasteiger partial charge is 0.328 e. The van der Waals surface area contributed by atoms with Crippen LogP contribution < -0.4 is 10.6 Å². The number of carbonyl (C=O) groups excluding carboxylic acids is 1. The Morgan fingerprint density at radius 3 is 2.77 bits per heavy atom. The minimum atomic E-state index is -0.431. The number of pyridine rings is 1. The van der Waals surface area contributed by atoms with Crippen molar-refractivity contribution in [1.82, 2.24) is 19.9 Å². The Hall–Kier alpha value is -3.20. The number of hydrogen-bond donors (Lipinski definition) is 3. The first-order valence-corrected chi connectivity index (χ1v) is 10.4. The number of imidazole rings is 1. The monoisotopic (exact) mass is 427 g/mol. The molecule has 0 saturated heterocycles. The van der Waals surface area contributed by atoms with Crippen molar-refractivity contribution < 1.29 is 19.0 Å². The highest BCUT2D eigenvalue weighted by atomic mass is 19.1. The molecule has 1 atom stereocenters. The molecule has 1 aliphatic carbocycles. The predicted molar refractivity (Wildman–Crippen MR) is 115 cm³/mol. The highest BCUT2D eigenvalue weighted by molar-refractivity contribution is 5.87. The van der Waals surface area contributed by atoms with Gasteiger partial charge in [-0.1, -0.05) is 0 Å². The number of anilines is 1. The van der Waals surface area contributed by atoms with Crippen LogP contribution in [0, 0.1) is 5.82 Å². The van der Waals surface area contributed by atoms with Crippen molar-refractivity contribution in [3.05, 3.63) is 48.0 Å². The molecule has 8 nitrogen and oxygen atoms in total. The molecule has 0 radical (unpaired) electrons. The van der Waals surface area contributed by atoms with E-state index in [0.29, 0.717) is 22.5 Å². The molecule has 0 unspecified atom stereocenters. The van der Waals surface area contributed by atoms with Gasteiger partial charge in [-0.25, -0.2) is 23.7 Å². The van der Waals surface area contributed by atoms with Crippen molar-refractivity contribution in [3.63, 3.8) is 0 Å². The molecule has 0 aliphatic heterocycles. The molecule has 2 aromatic heterocycles. The SMILES string of the molecule is COC1CCC(NC(=O)n2cnc3ccc(N[C@H](C)c4cc(F)ccc4O)nc32)CC1. The van der Waals surface area contributed by atoms with E-state index in [4.69, 9.17) is 4.74 Å². The van der Waals surface area contributed by atoms with Crippen LogP contribution in [0.5, 0.6) is 5.75 Å². The normalized spacial score (nSPS) is 19.8. The van der Waals surface area contributed by atoms with E-state index in [-0.39, 0.29) is 23.9 Å². The summed E-state index contributed by atoms with van der Waals surface area (Å²) in [6.45, 7) is 1.79. The van der Waals surface area contributed by atoms with Gasteiger partial charge in [0.15, 0.2) is 5.65 Å². The maximum absolute atomic E-state index is 13.6. The standard InChI is InChI=1S/C22H26FN5O3/c1-13(17-11-14(23)3-9-19(17)29)25-20-10-8-18-21(27-20)28(12-24-18)22(30)26-15-4-6-16(31-2)7-5-15/h3,8-13,15-16,29H,4-7H2,1-2H3,(H,25,27)(H,26,30)/t13-,15?,16?/m1/s1. The number of aromatic nitrogens is 3. The second-order valence-electron chi connectivity index (χ2n) is 7.88. The molecule has 4 rings (SSSR count). The van der Waals surface area contributed by atoms with Crippen molar-refractivity contribution in [2.45, 2.75) is 50.8 Å². The van der Waals surface area contributed by atoms with Crippen molar-refractivity contribution in [2.24, 2.45) is 0 Å². The molecule has 1 aromatic carbocycles. The molecule has 31 heavy (non-hydrogen) atoms. The summed E-state index contributed by atoms with van der Waals surface area (Å²) in [4.78, 5) is 21.6. The number of ether oxygens (including phenoxy) is 1. The average Bonchev–Trinajstić information content (AvgIpc) is 3.19. The Kier molecular flexibility index (Phi) is 6.03. The molecule has 2 heterocycles. The Balaban J connectivity index is 1.49. The number of carbonyl (C=O) groups is 1. The molecule has 0 spiro atoms. The molecule has 1 amide bonds. The molecule has 1 fully saturated rings. The van der Waals surface area contributed by atoms with Crippen molar-refractivity contribution in [2.75, 3.05) is 12.4 Å². The van der Waals surface area contributed by atoms with Gasteiger partial charge in [-0.2, -0.15) is 0 Å². The third-order valence-electron chi connectivity index (χ3n) is 5.77. The Bertz CT molecular complexity index is 1080. The van der Waals surface area contributed by atoms with Gasteiger partial charge in [-0.05, 0) is 62.9 Å². The summed E-state index contributed by atoms with van der Waals surface area (Å²) >= 11 is 0. The number of fused-ring (bicyclic) bond motifs is 1. The van der Waals surface area contributed by atoms with Crippen LogP contribution in [-0.4, -0.2) is 44.9 Å². The molecule has 3 N–H and O–H groups in total. The first kappa shape index (κ1) is 21.0. The number of nitrogens with one attached hydrogen (secondary N) is 2. The summed E-state index contributed by atoms with van der Waals surface area (Å²) in [6, 6.07) is 6.71. The zero-order chi connectivity index (χ0) is 22.0. The van der Waals surface area contributed by atoms with Gasteiger partial charge in [0.1, 0.15) is 29.2 Å². The molecule has 1 saturated carbocycles. The van der Waals surface area contributed by atoms with E-state index in [0.717, 1.165) is 25.7 Å². The zero-order valence-corrected chi connectivity index (χ0v) is 17.5. The number of aromatic hydroxyl groups is 1. The number of benzene rings is 1. The van der Waals surface area contributed by atoms with E-state index in [1.165, 1.54) is 29.1 Å². The zero-order valence-electron chi connectivity index (χ0n) is 17.5. The number of methoxy groups -OCH3 is 1. The third kappa shape index (κ3) is 4.61. The summed E-state index contributed by atoms with van der Waals surface area (Å²) in [5, 5.41) is 16.2. The fourth-order valence-electron chi connectivity index (χ4n) is 3.98.